The Morgan fingerprint density at radius 2 is 2.50 bits per heavy atom. The van der Waals surface area contributed by atoms with Crippen molar-refractivity contribution in [2.24, 2.45) is 0 Å². The van der Waals surface area contributed by atoms with Gasteiger partial charge in [-0.25, -0.2) is 9.78 Å². The number of thiazole rings is 1. The molecule has 0 unspecified atom stereocenters. The van der Waals surface area contributed by atoms with Crippen LogP contribution in [0.25, 0.3) is 0 Å². The number of carbonyl (C=O) groups excluding carboxylic acids is 1. The summed E-state index contributed by atoms with van der Waals surface area (Å²) in [6.07, 6.45) is 3.17. The monoisotopic (exact) mass is 237 g/mol. The third-order valence-electron chi connectivity index (χ3n) is 1.95. The van der Waals surface area contributed by atoms with Crippen LogP contribution in [-0.4, -0.2) is 27.3 Å². The van der Waals surface area contributed by atoms with Gasteiger partial charge in [-0.1, -0.05) is 0 Å². The van der Waals surface area contributed by atoms with Crippen LogP contribution in [0.1, 0.15) is 23.0 Å². The summed E-state index contributed by atoms with van der Waals surface area (Å²) >= 11 is 1.54. The number of esters is 1. The van der Waals surface area contributed by atoms with Crippen LogP contribution in [0, 0.1) is 0 Å². The molecule has 0 radical (unpaired) electrons. The van der Waals surface area contributed by atoms with Crippen molar-refractivity contribution >= 4 is 17.3 Å². The van der Waals surface area contributed by atoms with Gasteiger partial charge in [-0.05, 0) is 6.92 Å². The highest BCUT2D eigenvalue weighted by atomic mass is 32.1. The number of rotatable bonds is 4. The second-order valence-electron chi connectivity index (χ2n) is 3.13. The smallest absolute Gasteiger partial charge is 0.341 e. The molecule has 2 aromatic heterocycles. The minimum atomic E-state index is -0.341. The molecule has 0 N–H and O–H groups in total. The third-order valence-corrected chi connectivity index (χ3v) is 2.59. The predicted molar refractivity (Wildman–Crippen MR) is 59.4 cm³/mol. The van der Waals surface area contributed by atoms with Gasteiger partial charge in [0.05, 0.1) is 36.1 Å². The van der Waals surface area contributed by atoms with E-state index in [1.54, 1.807) is 23.3 Å². The Morgan fingerprint density at radius 1 is 1.62 bits per heavy atom. The molecule has 2 aromatic rings. The molecule has 0 bridgehead atoms. The van der Waals surface area contributed by atoms with E-state index in [-0.39, 0.29) is 5.97 Å². The Balaban J connectivity index is 2.05. The average molecular weight is 237 g/mol. The maximum atomic E-state index is 11.4. The van der Waals surface area contributed by atoms with Gasteiger partial charge in [0.15, 0.2) is 0 Å². The van der Waals surface area contributed by atoms with Gasteiger partial charge >= 0.3 is 5.97 Å². The highest BCUT2D eigenvalue weighted by Gasteiger charge is 2.09. The van der Waals surface area contributed by atoms with Crippen LogP contribution >= 0.6 is 11.3 Å². The van der Waals surface area contributed by atoms with E-state index in [4.69, 9.17) is 4.74 Å². The summed E-state index contributed by atoms with van der Waals surface area (Å²) in [7, 11) is 0. The lowest BCUT2D eigenvalue weighted by molar-refractivity contribution is 0.0526. The van der Waals surface area contributed by atoms with Gasteiger partial charge < -0.3 is 4.74 Å². The Kier molecular flexibility index (Phi) is 3.31. The lowest BCUT2D eigenvalue weighted by Crippen LogP contribution is -2.04. The van der Waals surface area contributed by atoms with Crippen molar-refractivity contribution in [2.45, 2.75) is 13.5 Å². The van der Waals surface area contributed by atoms with Gasteiger partial charge in [-0.3, -0.25) is 4.68 Å². The van der Waals surface area contributed by atoms with E-state index >= 15 is 0 Å². The molecular formula is C10H11N3O2S. The van der Waals surface area contributed by atoms with E-state index in [0.717, 1.165) is 5.69 Å². The molecule has 0 amide bonds. The lowest BCUT2D eigenvalue weighted by atomic mass is 10.4. The molecular weight excluding hydrogens is 226 g/mol. The minimum Gasteiger partial charge on any atom is -0.462 e. The molecule has 0 atom stereocenters. The van der Waals surface area contributed by atoms with E-state index in [0.29, 0.717) is 18.7 Å². The fourth-order valence-corrected chi connectivity index (χ4v) is 1.80. The Morgan fingerprint density at radius 3 is 3.19 bits per heavy atom. The largest absolute Gasteiger partial charge is 0.462 e. The highest BCUT2D eigenvalue weighted by molar-refractivity contribution is 7.07. The second-order valence-corrected chi connectivity index (χ2v) is 3.85. The van der Waals surface area contributed by atoms with Gasteiger partial charge in [-0.2, -0.15) is 5.10 Å². The molecule has 0 aliphatic heterocycles. The van der Waals surface area contributed by atoms with Gasteiger partial charge in [0, 0.05) is 11.6 Å². The standard InChI is InChI=1S/C10H11N3O2S/c1-2-15-10(14)8-3-12-13(4-8)5-9-6-16-7-11-9/h3-4,6-7H,2,5H2,1H3. The molecule has 0 aromatic carbocycles. The zero-order valence-electron chi connectivity index (χ0n) is 8.79. The topological polar surface area (TPSA) is 57.0 Å². The fraction of sp³-hybridized carbons (Fsp3) is 0.300. The fourth-order valence-electron chi connectivity index (χ4n) is 1.25. The second kappa shape index (κ2) is 4.89. The summed E-state index contributed by atoms with van der Waals surface area (Å²) < 4.78 is 6.54. The molecule has 0 aliphatic carbocycles. The van der Waals surface area contributed by atoms with Gasteiger partial charge in [0.1, 0.15) is 0 Å². The Hall–Kier alpha value is -1.69. The van der Waals surface area contributed by atoms with E-state index in [1.165, 1.54) is 17.5 Å². The quantitative estimate of drug-likeness (QED) is 0.757. The summed E-state index contributed by atoms with van der Waals surface area (Å²) in [5, 5.41) is 6.02. The van der Waals surface area contributed by atoms with Crippen molar-refractivity contribution in [2.75, 3.05) is 6.61 Å². The van der Waals surface area contributed by atoms with E-state index in [9.17, 15) is 4.79 Å². The summed E-state index contributed by atoms with van der Waals surface area (Å²) in [5.41, 5.74) is 3.17. The van der Waals surface area contributed by atoms with Crippen molar-refractivity contribution in [1.82, 2.24) is 14.8 Å². The van der Waals surface area contributed by atoms with Crippen LogP contribution in [0.3, 0.4) is 0 Å². The molecule has 0 saturated heterocycles. The maximum Gasteiger partial charge on any atom is 0.341 e. The first-order chi connectivity index (χ1) is 7.79. The number of nitrogens with zero attached hydrogens (tertiary/aromatic N) is 3. The zero-order chi connectivity index (χ0) is 11.4. The van der Waals surface area contributed by atoms with Crippen LogP contribution in [-0.2, 0) is 11.3 Å². The number of carbonyl (C=O) groups is 1. The normalized spacial score (nSPS) is 10.3. The predicted octanol–water partition coefficient (Wildman–Crippen LogP) is 1.56. The molecule has 2 heterocycles. The van der Waals surface area contributed by atoms with Crippen molar-refractivity contribution in [3.8, 4) is 0 Å². The van der Waals surface area contributed by atoms with Crippen LogP contribution in [0.2, 0.25) is 0 Å². The number of hydrogen-bond donors (Lipinski definition) is 0. The summed E-state index contributed by atoms with van der Waals surface area (Å²) in [4.78, 5) is 15.5. The molecule has 0 fully saturated rings. The van der Waals surface area contributed by atoms with Crippen LogP contribution < -0.4 is 0 Å². The number of ether oxygens (including phenoxy) is 1. The summed E-state index contributed by atoms with van der Waals surface area (Å²) in [6, 6.07) is 0. The van der Waals surface area contributed by atoms with Crippen LogP contribution in [0.4, 0.5) is 0 Å². The summed E-state index contributed by atoms with van der Waals surface area (Å²) in [6.45, 7) is 2.72. The first-order valence-corrected chi connectivity index (χ1v) is 5.80. The molecule has 84 valence electrons. The van der Waals surface area contributed by atoms with Crippen molar-refractivity contribution < 1.29 is 9.53 Å². The molecule has 2 rings (SSSR count). The van der Waals surface area contributed by atoms with Crippen molar-refractivity contribution in [1.29, 1.82) is 0 Å². The minimum absolute atomic E-state index is 0.341. The van der Waals surface area contributed by atoms with Gasteiger partial charge in [0.25, 0.3) is 0 Å². The van der Waals surface area contributed by atoms with Crippen LogP contribution in [0.15, 0.2) is 23.3 Å². The molecule has 0 spiro atoms. The van der Waals surface area contributed by atoms with Gasteiger partial charge in [0.2, 0.25) is 0 Å². The first-order valence-electron chi connectivity index (χ1n) is 4.86. The lowest BCUT2D eigenvalue weighted by Gasteiger charge is -1.97. The third kappa shape index (κ3) is 2.46. The maximum absolute atomic E-state index is 11.4. The van der Waals surface area contributed by atoms with E-state index < -0.39 is 0 Å². The zero-order valence-corrected chi connectivity index (χ0v) is 9.61. The highest BCUT2D eigenvalue weighted by Crippen LogP contribution is 2.05. The Bertz CT molecular complexity index is 464. The van der Waals surface area contributed by atoms with E-state index in [2.05, 4.69) is 10.1 Å². The number of aromatic nitrogens is 3. The van der Waals surface area contributed by atoms with Crippen molar-refractivity contribution in [3.63, 3.8) is 0 Å². The van der Waals surface area contributed by atoms with Gasteiger partial charge in [-0.15, -0.1) is 11.3 Å². The SMILES string of the molecule is CCOC(=O)c1cnn(Cc2cscn2)c1. The van der Waals surface area contributed by atoms with E-state index in [1.807, 2.05) is 5.38 Å². The molecule has 16 heavy (non-hydrogen) atoms. The Labute approximate surface area is 96.7 Å². The molecule has 5 nitrogen and oxygen atoms in total. The number of hydrogen-bond acceptors (Lipinski definition) is 5. The summed E-state index contributed by atoms with van der Waals surface area (Å²) in [5.74, 6) is -0.341. The molecule has 6 heteroatoms. The molecule has 0 aliphatic rings. The first kappa shape index (κ1) is 10.8. The van der Waals surface area contributed by atoms with Crippen LogP contribution in [0.5, 0.6) is 0 Å². The average Bonchev–Trinajstić information content (AvgIpc) is 2.90. The molecule has 0 saturated carbocycles. The van der Waals surface area contributed by atoms with Crippen molar-refractivity contribution in [3.05, 3.63) is 34.5 Å².